The molecule has 32 heavy (non-hydrogen) atoms. The number of thioether (sulfide) groups is 1. The lowest BCUT2D eigenvalue weighted by molar-refractivity contribution is -0.113. The number of nitrogens with zero attached hydrogens (tertiary/aromatic N) is 4. The Morgan fingerprint density at radius 1 is 1.19 bits per heavy atom. The summed E-state index contributed by atoms with van der Waals surface area (Å²) in [5.74, 6) is 0.280. The van der Waals surface area contributed by atoms with Crippen molar-refractivity contribution in [1.29, 1.82) is 0 Å². The lowest BCUT2D eigenvalue weighted by Crippen LogP contribution is -2.25. The second kappa shape index (κ2) is 9.25. The molecule has 3 heterocycles. The Morgan fingerprint density at radius 2 is 1.94 bits per heavy atom. The van der Waals surface area contributed by atoms with Crippen molar-refractivity contribution in [1.82, 2.24) is 19.7 Å². The Morgan fingerprint density at radius 3 is 2.59 bits per heavy atom. The molecule has 0 aliphatic carbocycles. The molecule has 166 valence electrons. The van der Waals surface area contributed by atoms with Crippen LogP contribution in [0.1, 0.15) is 45.5 Å². The van der Waals surface area contributed by atoms with Gasteiger partial charge in [-0.05, 0) is 19.4 Å². The third-order valence-electron chi connectivity index (χ3n) is 4.72. The van der Waals surface area contributed by atoms with Crippen molar-refractivity contribution in [3.63, 3.8) is 0 Å². The fourth-order valence-corrected chi connectivity index (χ4v) is 5.09. The van der Waals surface area contributed by atoms with Crippen LogP contribution in [0.15, 0.2) is 50.1 Å². The second-order valence-electron chi connectivity index (χ2n) is 7.80. The average molecular weight is 470 g/mol. The number of hydrogen-bond acceptors (Lipinski definition) is 8. The fourth-order valence-electron chi connectivity index (χ4n) is 3.18. The van der Waals surface area contributed by atoms with Gasteiger partial charge in [-0.1, -0.05) is 61.0 Å². The van der Waals surface area contributed by atoms with E-state index in [0.29, 0.717) is 21.3 Å². The number of anilines is 1. The molecular formula is C22H23N5O3S2. The SMILES string of the molecule is CC(C)c1nnc(NC(=O)CSc2nc3scc(-c4ccccc4)c3c(=O)n2C(C)C)o1. The minimum Gasteiger partial charge on any atom is -0.408 e. The highest BCUT2D eigenvalue weighted by atomic mass is 32.2. The summed E-state index contributed by atoms with van der Waals surface area (Å²) in [5, 5.41) is 13.4. The van der Waals surface area contributed by atoms with Crippen molar-refractivity contribution in [2.45, 2.75) is 44.8 Å². The average Bonchev–Trinajstić information content (AvgIpc) is 3.40. The Hall–Kier alpha value is -2.98. The molecule has 1 aromatic carbocycles. The summed E-state index contributed by atoms with van der Waals surface area (Å²) in [6.07, 6.45) is 0. The van der Waals surface area contributed by atoms with Crippen molar-refractivity contribution in [2.75, 3.05) is 11.1 Å². The van der Waals surface area contributed by atoms with E-state index in [1.807, 2.05) is 63.4 Å². The predicted octanol–water partition coefficient (Wildman–Crippen LogP) is 4.94. The van der Waals surface area contributed by atoms with Crippen LogP contribution < -0.4 is 10.9 Å². The van der Waals surface area contributed by atoms with E-state index in [9.17, 15) is 9.59 Å². The predicted molar refractivity (Wildman–Crippen MR) is 127 cm³/mol. The third-order valence-corrected chi connectivity index (χ3v) is 6.55. The van der Waals surface area contributed by atoms with Gasteiger partial charge in [0.2, 0.25) is 11.8 Å². The van der Waals surface area contributed by atoms with Gasteiger partial charge in [-0.3, -0.25) is 19.5 Å². The highest BCUT2D eigenvalue weighted by Gasteiger charge is 2.20. The van der Waals surface area contributed by atoms with Gasteiger partial charge in [-0.15, -0.1) is 16.4 Å². The van der Waals surface area contributed by atoms with Gasteiger partial charge in [0.15, 0.2) is 5.16 Å². The number of nitrogens with one attached hydrogen (secondary N) is 1. The van der Waals surface area contributed by atoms with Gasteiger partial charge in [0.05, 0.1) is 11.1 Å². The zero-order chi connectivity index (χ0) is 22.8. The molecule has 3 aromatic heterocycles. The standard InChI is InChI=1S/C22H23N5O3S2/c1-12(2)18-25-26-21(30-18)23-16(28)11-32-22-24-19-17(20(29)27(22)13(3)4)15(10-31-19)14-8-6-5-7-9-14/h5-10,12-13H,11H2,1-4H3,(H,23,26,28). The molecule has 0 fully saturated rings. The number of rotatable bonds is 7. The topological polar surface area (TPSA) is 103 Å². The zero-order valence-electron chi connectivity index (χ0n) is 18.2. The minimum atomic E-state index is -0.310. The van der Waals surface area contributed by atoms with Crippen molar-refractivity contribution in [3.05, 3.63) is 52.0 Å². The fraction of sp³-hybridized carbons (Fsp3) is 0.318. The molecular weight excluding hydrogens is 446 g/mol. The quantitative estimate of drug-likeness (QED) is 0.302. The normalized spacial score (nSPS) is 11.6. The Balaban J connectivity index is 1.60. The molecule has 1 amide bonds. The monoisotopic (exact) mass is 469 g/mol. The number of aromatic nitrogens is 4. The van der Waals surface area contributed by atoms with Gasteiger partial charge in [-0.2, -0.15) is 0 Å². The zero-order valence-corrected chi connectivity index (χ0v) is 19.8. The Kier molecular flexibility index (Phi) is 6.43. The van der Waals surface area contributed by atoms with E-state index < -0.39 is 0 Å². The second-order valence-corrected chi connectivity index (χ2v) is 9.60. The molecule has 0 radical (unpaired) electrons. The highest BCUT2D eigenvalue weighted by molar-refractivity contribution is 7.99. The van der Waals surface area contributed by atoms with E-state index in [1.165, 1.54) is 23.1 Å². The van der Waals surface area contributed by atoms with E-state index in [2.05, 4.69) is 15.5 Å². The molecule has 0 aliphatic heterocycles. The third kappa shape index (κ3) is 4.46. The molecule has 8 nitrogen and oxygen atoms in total. The number of thiophene rings is 1. The molecule has 0 saturated heterocycles. The van der Waals surface area contributed by atoms with Gasteiger partial charge in [0, 0.05) is 22.9 Å². The molecule has 0 saturated carbocycles. The lowest BCUT2D eigenvalue weighted by atomic mass is 10.1. The summed E-state index contributed by atoms with van der Waals surface area (Å²) in [7, 11) is 0. The van der Waals surface area contributed by atoms with E-state index in [4.69, 9.17) is 9.40 Å². The highest BCUT2D eigenvalue weighted by Crippen LogP contribution is 2.32. The minimum absolute atomic E-state index is 0.0565. The van der Waals surface area contributed by atoms with Gasteiger partial charge in [-0.25, -0.2) is 4.98 Å². The molecule has 0 unspecified atom stereocenters. The van der Waals surface area contributed by atoms with Gasteiger partial charge in [0.1, 0.15) is 4.83 Å². The summed E-state index contributed by atoms with van der Waals surface area (Å²) in [6.45, 7) is 7.71. The molecule has 1 N–H and O–H groups in total. The summed E-state index contributed by atoms with van der Waals surface area (Å²) >= 11 is 2.63. The molecule has 4 rings (SSSR count). The number of benzene rings is 1. The molecule has 0 aliphatic rings. The number of fused-ring (bicyclic) bond motifs is 1. The molecule has 0 atom stereocenters. The van der Waals surface area contributed by atoms with Crippen molar-refractivity contribution in [2.24, 2.45) is 0 Å². The maximum atomic E-state index is 13.4. The van der Waals surface area contributed by atoms with E-state index in [1.54, 1.807) is 4.57 Å². The van der Waals surface area contributed by atoms with Crippen molar-refractivity contribution < 1.29 is 9.21 Å². The van der Waals surface area contributed by atoms with Crippen LogP contribution in [0.25, 0.3) is 21.3 Å². The Labute approximate surface area is 193 Å². The van der Waals surface area contributed by atoms with E-state index >= 15 is 0 Å². The van der Waals surface area contributed by atoms with Crippen molar-refractivity contribution in [3.8, 4) is 11.1 Å². The Bertz CT molecular complexity index is 1310. The van der Waals surface area contributed by atoms with Crippen LogP contribution in [-0.2, 0) is 4.79 Å². The van der Waals surface area contributed by atoms with Crippen LogP contribution in [0.4, 0.5) is 6.01 Å². The first-order chi connectivity index (χ1) is 15.3. The number of carbonyl (C=O) groups excluding carboxylic acids is 1. The van der Waals surface area contributed by atoms with Crippen LogP contribution in [0, 0.1) is 0 Å². The van der Waals surface area contributed by atoms with Crippen molar-refractivity contribution >= 4 is 45.2 Å². The molecule has 4 aromatic rings. The number of carbonyl (C=O) groups is 1. The van der Waals surface area contributed by atoms with Gasteiger partial charge in [0.25, 0.3) is 5.56 Å². The van der Waals surface area contributed by atoms with E-state index in [0.717, 1.165) is 11.1 Å². The van der Waals surface area contributed by atoms with Crippen LogP contribution in [0.2, 0.25) is 0 Å². The summed E-state index contributed by atoms with van der Waals surface area (Å²) in [5.41, 5.74) is 1.75. The number of hydrogen-bond donors (Lipinski definition) is 1. The maximum absolute atomic E-state index is 13.4. The lowest BCUT2D eigenvalue weighted by Gasteiger charge is -2.15. The van der Waals surface area contributed by atoms with Crippen LogP contribution in [0.5, 0.6) is 0 Å². The van der Waals surface area contributed by atoms with Gasteiger partial charge >= 0.3 is 6.01 Å². The molecule has 0 bridgehead atoms. The largest absolute Gasteiger partial charge is 0.408 e. The van der Waals surface area contributed by atoms with Crippen LogP contribution in [-0.4, -0.2) is 31.4 Å². The number of amides is 1. The van der Waals surface area contributed by atoms with Crippen LogP contribution >= 0.6 is 23.1 Å². The first-order valence-corrected chi connectivity index (χ1v) is 12.1. The van der Waals surface area contributed by atoms with E-state index in [-0.39, 0.29) is 35.2 Å². The van der Waals surface area contributed by atoms with Gasteiger partial charge < -0.3 is 4.42 Å². The molecule has 10 heteroatoms. The summed E-state index contributed by atoms with van der Waals surface area (Å²) in [4.78, 5) is 31.2. The smallest absolute Gasteiger partial charge is 0.322 e. The summed E-state index contributed by atoms with van der Waals surface area (Å²) in [6, 6.07) is 9.76. The van der Waals surface area contributed by atoms with Crippen LogP contribution in [0.3, 0.4) is 0 Å². The molecule has 0 spiro atoms. The first-order valence-electron chi connectivity index (χ1n) is 10.2. The first kappa shape index (κ1) is 22.2. The maximum Gasteiger partial charge on any atom is 0.322 e. The summed E-state index contributed by atoms with van der Waals surface area (Å²) < 4.78 is 7.06.